The van der Waals surface area contributed by atoms with Gasteiger partial charge in [-0.1, -0.05) is 23.8 Å². The third-order valence-electron chi connectivity index (χ3n) is 5.19. The normalized spacial score (nSPS) is 16.0. The maximum absolute atomic E-state index is 13.2. The summed E-state index contributed by atoms with van der Waals surface area (Å²) in [6.45, 7) is 1.90. The second-order valence-electron chi connectivity index (χ2n) is 7.08. The van der Waals surface area contributed by atoms with Crippen LogP contribution in [-0.2, 0) is 14.6 Å². The predicted molar refractivity (Wildman–Crippen MR) is 116 cm³/mol. The largest absolute Gasteiger partial charge is 0.493 e. The summed E-state index contributed by atoms with van der Waals surface area (Å²) < 4.78 is 37.1. The maximum Gasteiger partial charge on any atom is 0.225 e. The molecule has 156 valence electrons. The van der Waals surface area contributed by atoms with Crippen LogP contribution in [-0.4, -0.2) is 28.5 Å². The standard InChI is InChI=1S/C22H21NO5S2/c1-13-4-7-15(8-5-13)30(25,26)19-12-29-22-16(11-20(24)23-21(19)22)14-6-9-17(27-2)18(10-14)28-3/h4-10,12,16H,11H2,1-3H3,(H,23,24)/t16-/m1/s1. The number of hydrogen-bond acceptors (Lipinski definition) is 6. The molecule has 30 heavy (non-hydrogen) atoms. The Morgan fingerprint density at radius 3 is 2.40 bits per heavy atom. The molecule has 0 fully saturated rings. The van der Waals surface area contributed by atoms with E-state index < -0.39 is 9.84 Å². The zero-order valence-corrected chi connectivity index (χ0v) is 18.4. The molecule has 2 aromatic carbocycles. The molecule has 0 aliphatic carbocycles. The van der Waals surface area contributed by atoms with E-state index in [-0.39, 0.29) is 28.0 Å². The summed E-state index contributed by atoms with van der Waals surface area (Å²) in [5.41, 5.74) is 2.21. The van der Waals surface area contributed by atoms with E-state index in [9.17, 15) is 13.2 Å². The van der Waals surface area contributed by atoms with Gasteiger partial charge in [0.2, 0.25) is 15.7 Å². The maximum atomic E-state index is 13.2. The van der Waals surface area contributed by atoms with E-state index in [4.69, 9.17) is 9.47 Å². The lowest BCUT2D eigenvalue weighted by molar-refractivity contribution is -0.116. The molecule has 1 amide bonds. The second kappa shape index (κ2) is 7.77. The van der Waals surface area contributed by atoms with Gasteiger partial charge in [0.25, 0.3) is 0 Å². The van der Waals surface area contributed by atoms with Crippen LogP contribution in [0.5, 0.6) is 11.5 Å². The zero-order valence-electron chi connectivity index (χ0n) is 16.8. The number of amides is 1. The number of thiophene rings is 1. The van der Waals surface area contributed by atoms with Crippen LogP contribution in [0.4, 0.5) is 5.69 Å². The first-order valence-electron chi connectivity index (χ1n) is 9.30. The lowest BCUT2D eigenvalue weighted by Crippen LogP contribution is -2.23. The van der Waals surface area contributed by atoms with Crippen LogP contribution >= 0.6 is 11.3 Å². The van der Waals surface area contributed by atoms with E-state index in [0.717, 1.165) is 16.0 Å². The molecule has 0 bridgehead atoms. The highest BCUT2D eigenvalue weighted by Crippen LogP contribution is 2.46. The third-order valence-corrected chi connectivity index (χ3v) is 8.23. The highest BCUT2D eigenvalue weighted by atomic mass is 32.2. The number of sulfone groups is 1. The number of ether oxygens (including phenoxy) is 2. The van der Waals surface area contributed by atoms with Crippen molar-refractivity contribution in [3.8, 4) is 11.5 Å². The fourth-order valence-electron chi connectivity index (χ4n) is 3.59. The minimum Gasteiger partial charge on any atom is -0.493 e. The number of carbonyl (C=O) groups is 1. The Bertz CT molecular complexity index is 1210. The molecule has 3 aromatic rings. The van der Waals surface area contributed by atoms with Gasteiger partial charge in [-0.3, -0.25) is 4.79 Å². The molecule has 1 atom stereocenters. The number of anilines is 1. The monoisotopic (exact) mass is 443 g/mol. The first-order chi connectivity index (χ1) is 14.3. The van der Waals surface area contributed by atoms with Crippen molar-refractivity contribution in [1.82, 2.24) is 0 Å². The van der Waals surface area contributed by atoms with Crippen molar-refractivity contribution in [2.24, 2.45) is 0 Å². The van der Waals surface area contributed by atoms with Gasteiger partial charge in [-0.25, -0.2) is 8.42 Å². The molecule has 1 N–H and O–H groups in total. The summed E-state index contributed by atoms with van der Waals surface area (Å²) in [7, 11) is -0.641. The van der Waals surface area contributed by atoms with Gasteiger partial charge in [0.05, 0.1) is 24.8 Å². The Kier molecular flexibility index (Phi) is 5.29. The number of benzene rings is 2. The Morgan fingerprint density at radius 1 is 1.03 bits per heavy atom. The van der Waals surface area contributed by atoms with Crippen molar-refractivity contribution in [2.45, 2.75) is 29.1 Å². The van der Waals surface area contributed by atoms with Crippen LogP contribution in [0, 0.1) is 6.92 Å². The van der Waals surface area contributed by atoms with Crippen LogP contribution in [0.15, 0.2) is 57.6 Å². The van der Waals surface area contributed by atoms with Gasteiger partial charge in [-0.2, -0.15) is 0 Å². The highest BCUT2D eigenvalue weighted by molar-refractivity contribution is 7.91. The predicted octanol–water partition coefficient (Wildman–Crippen LogP) is 4.38. The van der Waals surface area contributed by atoms with Crippen molar-refractivity contribution in [1.29, 1.82) is 0 Å². The number of methoxy groups -OCH3 is 2. The summed E-state index contributed by atoms with van der Waals surface area (Å²) in [4.78, 5) is 13.6. The Labute approximate surface area is 179 Å². The smallest absolute Gasteiger partial charge is 0.225 e. The molecule has 1 aromatic heterocycles. The van der Waals surface area contributed by atoms with E-state index in [1.165, 1.54) is 11.3 Å². The molecule has 0 saturated carbocycles. The van der Waals surface area contributed by atoms with Gasteiger partial charge in [0.15, 0.2) is 11.5 Å². The first kappa shape index (κ1) is 20.4. The number of aryl methyl sites for hydroxylation is 1. The fourth-order valence-corrected chi connectivity index (χ4v) is 6.49. The van der Waals surface area contributed by atoms with Gasteiger partial charge in [-0.05, 0) is 36.8 Å². The van der Waals surface area contributed by atoms with E-state index in [0.29, 0.717) is 17.2 Å². The van der Waals surface area contributed by atoms with Crippen LogP contribution in [0.25, 0.3) is 0 Å². The molecule has 2 heterocycles. The Hall–Kier alpha value is -2.84. The SMILES string of the molecule is COc1ccc([C@H]2CC(=O)Nc3c(S(=O)(=O)c4ccc(C)cc4)csc32)cc1OC. The summed E-state index contributed by atoms with van der Waals surface area (Å²) in [6.07, 6.45) is 0.229. The number of rotatable bonds is 5. The average Bonchev–Trinajstić information content (AvgIpc) is 3.17. The quantitative estimate of drug-likeness (QED) is 0.633. The molecule has 1 aliphatic rings. The van der Waals surface area contributed by atoms with Crippen molar-refractivity contribution in [3.05, 3.63) is 63.8 Å². The van der Waals surface area contributed by atoms with Gasteiger partial charge in [0.1, 0.15) is 4.90 Å². The molecule has 0 saturated heterocycles. The van der Waals surface area contributed by atoms with E-state index in [1.807, 2.05) is 19.1 Å². The molecular weight excluding hydrogens is 422 g/mol. The minimum absolute atomic E-state index is 0.130. The molecule has 0 unspecified atom stereocenters. The van der Waals surface area contributed by atoms with Crippen molar-refractivity contribution >= 4 is 32.8 Å². The number of carbonyl (C=O) groups excluding carboxylic acids is 1. The van der Waals surface area contributed by atoms with E-state index >= 15 is 0 Å². The van der Waals surface area contributed by atoms with Crippen molar-refractivity contribution in [2.75, 3.05) is 19.5 Å². The van der Waals surface area contributed by atoms with Gasteiger partial charge in [-0.15, -0.1) is 11.3 Å². The molecule has 1 aliphatic heterocycles. The van der Waals surface area contributed by atoms with E-state index in [1.54, 1.807) is 49.9 Å². The van der Waals surface area contributed by atoms with Gasteiger partial charge < -0.3 is 14.8 Å². The van der Waals surface area contributed by atoms with Crippen LogP contribution in [0.2, 0.25) is 0 Å². The molecule has 6 nitrogen and oxygen atoms in total. The summed E-state index contributed by atoms with van der Waals surface area (Å²) in [5.74, 6) is 0.670. The van der Waals surface area contributed by atoms with Crippen molar-refractivity contribution < 1.29 is 22.7 Å². The lowest BCUT2D eigenvalue weighted by Gasteiger charge is -2.24. The summed E-state index contributed by atoms with van der Waals surface area (Å²) in [6, 6.07) is 12.2. The fraction of sp³-hybridized carbons (Fsp3) is 0.227. The average molecular weight is 444 g/mol. The molecule has 0 spiro atoms. The Morgan fingerprint density at radius 2 is 1.73 bits per heavy atom. The minimum atomic E-state index is -3.76. The second-order valence-corrected chi connectivity index (χ2v) is 9.90. The third kappa shape index (κ3) is 3.46. The highest BCUT2D eigenvalue weighted by Gasteiger charge is 2.34. The number of hydrogen-bond donors (Lipinski definition) is 1. The van der Waals surface area contributed by atoms with Crippen LogP contribution in [0.1, 0.15) is 28.3 Å². The molecule has 4 rings (SSSR count). The zero-order chi connectivity index (χ0) is 21.5. The summed E-state index contributed by atoms with van der Waals surface area (Å²) >= 11 is 1.34. The van der Waals surface area contributed by atoms with Gasteiger partial charge >= 0.3 is 0 Å². The Balaban J connectivity index is 1.80. The first-order valence-corrected chi connectivity index (χ1v) is 11.7. The van der Waals surface area contributed by atoms with E-state index in [2.05, 4.69) is 5.32 Å². The lowest BCUT2D eigenvalue weighted by atomic mass is 9.90. The molecular formula is C22H21NO5S2. The molecule has 0 radical (unpaired) electrons. The molecule has 8 heteroatoms. The van der Waals surface area contributed by atoms with Crippen LogP contribution < -0.4 is 14.8 Å². The number of nitrogens with one attached hydrogen (secondary N) is 1. The van der Waals surface area contributed by atoms with Crippen LogP contribution in [0.3, 0.4) is 0 Å². The number of fused-ring (bicyclic) bond motifs is 1. The summed E-state index contributed by atoms with van der Waals surface area (Å²) in [5, 5.41) is 4.39. The van der Waals surface area contributed by atoms with Gasteiger partial charge in [0, 0.05) is 22.6 Å². The van der Waals surface area contributed by atoms with Crippen molar-refractivity contribution in [3.63, 3.8) is 0 Å². The topological polar surface area (TPSA) is 81.7 Å².